The second kappa shape index (κ2) is 13.3. The molecular weight excluding hydrogens is 458 g/mol. The first-order valence-electron chi connectivity index (χ1n) is 12.1. The number of ether oxygens (including phenoxy) is 4. The van der Waals surface area contributed by atoms with Gasteiger partial charge in [-0.1, -0.05) is 91.0 Å². The number of aliphatic hydroxyl groups excluding tert-OH is 1. The standard InChI is InChI=1S/C29H33NO6/c1-21(31)30-26-28(35-19-24-15-9-4-10-16-24)27(34-18-23-13-7-3-8-14-23)25(36-29(26)32)20-33-17-22-11-5-2-6-12-22/h2-16,25-29,32H,17-20H2,1H3,(H,30,31)/t25-,26-,27-,28-,29?/m1/s1. The van der Waals surface area contributed by atoms with E-state index in [2.05, 4.69) is 5.32 Å². The van der Waals surface area contributed by atoms with E-state index in [-0.39, 0.29) is 19.1 Å². The average molecular weight is 492 g/mol. The lowest BCUT2D eigenvalue weighted by Gasteiger charge is -2.44. The van der Waals surface area contributed by atoms with Crippen molar-refractivity contribution in [1.82, 2.24) is 5.32 Å². The van der Waals surface area contributed by atoms with Crippen molar-refractivity contribution in [3.05, 3.63) is 108 Å². The third-order valence-corrected chi connectivity index (χ3v) is 6.00. The lowest BCUT2D eigenvalue weighted by molar-refractivity contribution is -0.277. The van der Waals surface area contributed by atoms with Crippen LogP contribution in [-0.2, 0) is 43.6 Å². The summed E-state index contributed by atoms with van der Waals surface area (Å²) < 4.78 is 24.6. The highest BCUT2D eigenvalue weighted by Crippen LogP contribution is 2.27. The maximum atomic E-state index is 12.0. The van der Waals surface area contributed by atoms with Crippen LogP contribution in [0, 0.1) is 0 Å². The molecule has 0 aromatic heterocycles. The van der Waals surface area contributed by atoms with E-state index in [4.69, 9.17) is 18.9 Å². The molecule has 3 aromatic rings. The van der Waals surface area contributed by atoms with Gasteiger partial charge in [0, 0.05) is 6.92 Å². The maximum Gasteiger partial charge on any atom is 0.217 e. The van der Waals surface area contributed by atoms with E-state index in [1.54, 1.807) is 0 Å². The second-order valence-electron chi connectivity index (χ2n) is 8.81. The van der Waals surface area contributed by atoms with Crippen LogP contribution < -0.4 is 5.32 Å². The van der Waals surface area contributed by atoms with Crippen LogP contribution in [0.3, 0.4) is 0 Å². The van der Waals surface area contributed by atoms with Gasteiger partial charge < -0.3 is 29.4 Å². The predicted molar refractivity (Wildman–Crippen MR) is 135 cm³/mol. The molecule has 1 unspecified atom stereocenters. The molecule has 1 aliphatic heterocycles. The molecule has 1 heterocycles. The van der Waals surface area contributed by atoms with Crippen molar-refractivity contribution in [2.75, 3.05) is 6.61 Å². The largest absolute Gasteiger partial charge is 0.374 e. The van der Waals surface area contributed by atoms with E-state index in [1.165, 1.54) is 6.92 Å². The first kappa shape index (κ1) is 26.0. The number of rotatable bonds is 11. The van der Waals surface area contributed by atoms with Crippen LogP contribution in [0.15, 0.2) is 91.0 Å². The Kier molecular flexibility index (Phi) is 9.61. The number of hydrogen-bond acceptors (Lipinski definition) is 6. The van der Waals surface area contributed by atoms with Gasteiger partial charge in [0.05, 0.1) is 26.4 Å². The zero-order valence-corrected chi connectivity index (χ0v) is 20.4. The molecule has 1 saturated heterocycles. The molecular formula is C29H33NO6. The molecule has 0 bridgehead atoms. The Balaban J connectivity index is 1.53. The summed E-state index contributed by atoms with van der Waals surface area (Å²) >= 11 is 0. The molecule has 2 N–H and O–H groups in total. The normalized spacial score (nSPS) is 23.8. The van der Waals surface area contributed by atoms with Gasteiger partial charge in [0.2, 0.25) is 5.91 Å². The lowest BCUT2D eigenvalue weighted by Crippen LogP contribution is -2.65. The molecule has 4 rings (SSSR count). The summed E-state index contributed by atoms with van der Waals surface area (Å²) in [4.78, 5) is 12.0. The van der Waals surface area contributed by atoms with Crippen molar-refractivity contribution in [1.29, 1.82) is 0 Å². The fraction of sp³-hybridized carbons (Fsp3) is 0.345. The van der Waals surface area contributed by atoms with Crippen molar-refractivity contribution in [2.45, 2.75) is 57.4 Å². The second-order valence-corrected chi connectivity index (χ2v) is 8.81. The van der Waals surface area contributed by atoms with Crippen LogP contribution in [-0.4, -0.2) is 48.3 Å². The Bertz CT molecular complexity index is 1050. The summed E-state index contributed by atoms with van der Waals surface area (Å²) in [5.74, 6) is -0.295. The summed E-state index contributed by atoms with van der Waals surface area (Å²) in [7, 11) is 0. The van der Waals surface area contributed by atoms with Gasteiger partial charge >= 0.3 is 0 Å². The van der Waals surface area contributed by atoms with Crippen LogP contribution in [0.5, 0.6) is 0 Å². The molecule has 3 aromatic carbocycles. The molecule has 0 spiro atoms. The van der Waals surface area contributed by atoms with E-state index in [9.17, 15) is 9.90 Å². The number of amides is 1. The smallest absolute Gasteiger partial charge is 0.217 e. The van der Waals surface area contributed by atoms with Gasteiger partial charge in [-0.05, 0) is 16.7 Å². The Morgan fingerprint density at radius 3 is 1.75 bits per heavy atom. The number of nitrogens with one attached hydrogen (secondary N) is 1. The SMILES string of the molecule is CC(=O)N[C@H]1C(O)O[C@H](COCc2ccccc2)[C@@H](OCc2ccccc2)[C@@H]1OCc1ccccc1. The van der Waals surface area contributed by atoms with Crippen LogP contribution >= 0.6 is 0 Å². The Morgan fingerprint density at radius 2 is 1.25 bits per heavy atom. The zero-order valence-electron chi connectivity index (χ0n) is 20.4. The van der Waals surface area contributed by atoms with Gasteiger partial charge in [0.25, 0.3) is 0 Å². The van der Waals surface area contributed by atoms with E-state index in [1.807, 2.05) is 91.0 Å². The van der Waals surface area contributed by atoms with Crippen LogP contribution in [0.1, 0.15) is 23.6 Å². The minimum atomic E-state index is -1.28. The fourth-order valence-corrected chi connectivity index (χ4v) is 4.24. The number of hydrogen-bond donors (Lipinski definition) is 2. The van der Waals surface area contributed by atoms with Crippen molar-refractivity contribution in [2.24, 2.45) is 0 Å². The quantitative estimate of drug-likeness (QED) is 0.426. The van der Waals surface area contributed by atoms with Crippen molar-refractivity contribution in [3.63, 3.8) is 0 Å². The lowest BCUT2D eigenvalue weighted by atomic mass is 9.96. The Morgan fingerprint density at radius 1 is 0.778 bits per heavy atom. The van der Waals surface area contributed by atoms with E-state index in [0.717, 1.165) is 16.7 Å². The third-order valence-electron chi connectivity index (χ3n) is 6.00. The highest BCUT2D eigenvalue weighted by molar-refractivity contribution is 5.73. The number of carbonyl (C=O) groups is 1. The molecule has 0 aliphatic carbocycles. The van der Waals surface area contributed by atoms with Gasteiger partial charge in [-0.2, -0.15) is 0 Å². The number of carbonyl (C=O) groups excluding carboxylic acids is 1. The van der Waals surface area contributed by atoms with E-state index >= 15 is 0 Å². The van der Waals surface area contributed by atoms with Gasteiger partial charge in [-0.3, -0.25) is 4.79 Å². The highest BCUT2D eigenvalue weighted by Gasteiger charge is 2.47. The fourth-order valence-electron chi connectivity index (χ4n) is 4.24. The predicted octanol–water partition coefficient (Wildman–Crippen LogP) is 3.60. The van der Waals surface area contributed by atoms with Gasteiger partial charge in [-0.25, -0.2) is 0 Å². The molecule has 1 aliphatic rings. The molecule has 5 atom stereocenters. The molecule has 36 heavy (non-hydrogen) atoms. The zero-order chi connectivity index (χ0) is 25.2. The van der Waals surface area contributed by atoms with Crippen molar-refractivity contribution >= 4 is 5.91 Å². The molecule has 190 valence electrons. The Labute approximate surface area is 212 Å². The first-order valence-corrected chi connectivity index (χ1v) is 12.1. The molecule has 1 amide bonds. The van der Waals surface area contributed by atoms with Gasteiger partial charge in [0.15, 0.2) is 6.29 Å². The highest BCUT2D eigenvalue weighted by atomic mass is 16.7. The van der Waals surface area contributed by atoms with E-state index < -0.39 is 30.6 Å². The van der Waals surface area contributed by atoms with Crippen LogP contribution in [0.2, 0.25) is 0 Å². The minimum absolute atomic E-state index is 0.184. The summed E-state index contributed by atoms with van der Waals surface area (Å²) in [6, 6.07) is 28.6. The molecule has 7 heteroatoms. The van der Waals surface area contributed by atoms with Crippen molar-refractivity contribution < 1.29 is 28.8 Å². The first-order chi connectivity index (χ1) is 17.6. The monoisotopic (exact) mass is 491 g/mol. The molecule has 0 saturated carbocycles. The maximum absolute atomic E-state index is 12.0. The van der Waals surface area contributed by atoms with Crippen LogP contribution in [0.25, 0.3) is 0 Å². The third kappa shape index (κ3) is 7.46. The summed E-state index contributed by atoms with van der Waals surface area (Å²) in [6.07, 6.45) is -3.17. The summed E-state index contributed by atoms with van der Waals surface area (Å²) in [6.45, 7) is 2.58. The molecule has 1 fully saturated rings. The minimum Gasteiger partial charge on any atom is -0.374 e. The van der Waals surface area contributed by atoms with Gasteiger partial charge in [-0.15, -0.1) is 0 Å². The molecule has 0 radical (unpaired) electrons. The number of aliphatic hydroxyl groups is 1. The number of benzene rings is 3. The van der Waals surface area contributed by atoms with Crippen LogP contribution in [0.4, 0.5) is 0 Å². The summed E-state index contributed by atoms with van der Waals surface area (Å²) in [5.41, 5.74) is 2.99. The van der Waals surface area contributed by atoms with Gasteiger partial charge in [0.1, 0.15) is 24.4 Å². The Hall–Kier alpha value is -3.07. The average Bonchev–Trinajstić information content (AvgIpc) is 2.90. The summed E-state index contributed by atoms with van der Waals surface area (Å²) in [5, 5.41) is 13.6. The topological polar surface area (TPSA) is 86.3 Å². The van der Waals surface area contributed by atoms with Crippen molar-refractivity contribution in [3.8, 4) is 0 Å². The molecule has 7 nitrogen and oxygen atoms in total. The van der Waals surface area contributed by atoms with E-state index in [0.29, 0.717) is 13.2 Å².